The number of anilines is 1. The van der Waals surface area contributed by atoms with E-state index in [0.717, 1.165) is 5.56 Å². The lowest BCUT2D eigenvalue weighted by Gasteiger charge is -2.29. The molecular weight excluding hydrogens is 386 g/mol. The van der Waals surface area contributed by atoms with Gasteiger partial charge in [0, 0.05) is 9.65 Å². The molecule has 5 heteroatoms. The largest absolute Gasteiger partial charge is 0.274 e. The molecule has 1 saturated carbocycles. The third kappa shape index (κ3) is 2.25. The summed E-state index contributed by atoms with van der Waals surface area (Å²) in [5, 5.41) is 0. The van der Waals surface area contributed by atoms with Gasteiger partial charge in [-0.1, -0.05) is 49.6 Å². The van der Waals surface area contributed by atoms with E-state index in [1.165, 1.54) is 4.90 Å². The second-order valence-electron chi connectivity index (χ2n) is 5.56. The highest BCUT2D eigenvalue weighted by Gasteiger charge is 2.52. The van der Waals surface area contributed by atoms with E-state index in [1.807, 2.05) is 31.2 Å². The van der Waals surface area contributed by atoms with Crippen LogP contribution >= 0.6 is 31.9 Å². The van der Waals surface area contributed by atoms with Crippen molar-refractivity contribution >= 4 is 49.4 Å². The van der Waals surface area contributed by atoms with Crippen LogP contribution in [0.5, 0.6) is 0 Å². The third-order valence-electron chi connectivity index (χ3n) is 4.20. The second-order valence-corrected chi connectivity index (χ2v) is 7.92. The number of fused-ring (bicyclic) bond motifs is 1. The molecule has 1 saturated heterocycles. The van der Waals surface area contributed by atoms with Crippen LogP contribution in [0.15, 0.2) is 24.3 Å². The van der Waals surface area contributed by atoms with Gasteiger partial charge in [-0.2, -0.15) is 0 Å². The number of carbonyl (C=O) groups is 2. The van der Waals surface area contributed by atoms with Gasteiger partial charge in [-0.3, -0.25) is 14.5 Å². The Kier molecular flexibility index (Phi) is 3.75. The van der Waals surface area contributed by atoms with Gasteiger partial charge in [0.1, 0.15) is 0 Å². The normalized spacial score (nSPS) is 33.5. The molecule has 1 heterocycles. The SMILES string of the molecule is Cc1ccc(N2C(=O)[C@H]3C[C@@H](Br)[C@@H](Br)C[C@H]3C2=O)cc1. The van der Waals surface area contributed by atoms with Crippen molar-refractivity contribution in [2.24, 2.45) is 11.8 Å². The van der Waals surface area contributed by atoms with Gasteiger partial charge < -0.3 is 0 Å². The minimum atomic E-state index is -0.179. The zero-order valence-electron chi connectivity index (χ0n) is 11.1. The van der Waals surface area contributed by atoms with Crippen molar-refractivity contribution in [1.29, 1.82) is 0 Å². The molecule has 0 radical (unpaired) electrons. The molecule has 20 heavy (non-hydrogen) atoms. The monoisotopic (exact) mass is 399 g/mol. The van der Waals surface area contributed by atoms with Crippen LogP contribution in [-0.2, 0) is 9.59 Å². The molecule has 0 unspecified atom stereocenters. The Hall–Kier alpha value is -0.680. The van der Waals surface area contributed by atoms with Gasteiger partial charge in [-0.25, -0.2) is 0 Å². The highest BCUT2D eigenvalue weighted by Crippen LogP contribution is 2.44. The first kappa shape index (κ1) is 14.3. The molecular formula is C15H15Br2NO2. The van der Waals surface area contributed by atoms with E-state index in [-0.39, 0.29) is 33.3 Å². The zero-order chi connectivity index (χ0) is 14.4. The molecule has 3 rings (SSSR count). The summed E-state index contributed by atoms with van der Waals surface area (Å²) in [6.45, 7) is 1.99. The first-order chi connectivity index (χ1) is 9.49. The van der Waals surface area contributed by atoms with Crippen LogP contribution in [0.2, 0.25) is 0 Å². The van der Waals surface area contributed by atoms with E-state index in [0.29, 0.717) is 18.5 Å². The summed E-state index contributed by atoms with van der Waals surface area (Å²) >= 11 is 7.19. The van der Waals surface area contributed by atoms with E-state index >= 15 is 0 Å². The Morgan fingerprint density at radius 3 is 1.85 bits per heavy atom. The quantitative estimate of drug-likeness (QED) is 0.535. The van der Waals surface area contributed by atoms with E-state index in [4.69, 9.17) is 0 Å². The maximum absolute atomic E-state index is 12.6. The molecule has 0 N–H and O–H groups in total. The minimum absolute atomic E-state index is 0.0484. The highest BCUT2D eigenvalue weighted by atomic mass is 79.9. The number of hydrogen-bond donors (Lipinski definition) is 0. The Morgan fingerprint density at radius 1 is 0.950 bits per heavy atom. The van der Waals surface area contributed by atoms with E-state index in [9.17, 15) is 9.59 Å². The van der Waals surface area contributed by atoms with E-state index in [1.54, 1.807) is 0 Å². The van der Waals surface area contributed by atoms with E-state index < -0.39 is 0 Å². The Balaban J connectivity index is 1.93. The lowest BCUT2D eigenvalue weighted by Crippen LogP contribution is -2.34. The van der Waals surface area contributed by atoms with Gasteiger partial charge in [-0.15, -0.1) is 0 Å². The zero-order valence-corrected chi connectivity index (χ0v) is 14.2. The molecule has 2 aliphatic rings. The average molecular weight is 401 g/mol. The molecule has 2 fully saturated rings. The molecule has 1 aromatic rings. The lowest BCUT2D eigenvalue weighted by atomic mass is 9.81. The molecule has 1 aliphatic carbocycles. The Bertz CT molecular complexity index is 529. The van der Waals surface area contributed by atoms with Gasteiger partial charge >= 0.3 is 0 Å². The van der Waals surface area contributed by atoms with Crippen LogP contribution in [-0.4, -0.2) is 21.5 Å². The standard InChI is InChI=1S/C15H15Br2NO2/c1-8-2-4-9(5-3-8)18-14(19)10-6-12(16)13(17)7-11(10)15(18)20/h2-5,10-13H,6-7H2,1H3/t10-,11+,12+,13-. The highest BCUT2D eigenvalue weighted by molar-refractivity contribution is 9.12. The first-order valence-electron chi connectivity index (χ1n) is 6.71. The summed E-state index contributed by atoms with van der Waals surface area (Å²) in [5.41, 5.74) is 1.81. The summed E-state index contributed by atoms with van der Waals surface area (Å²) in [7, 11) is 0. The number of carbonyl (C=O) groups excluding carboxylic acids is 2. The van der Waals surface area contributed by atoms with Crippen LogP contribution < -0.4 is 4.90 Å². The van der Waals surface area contributed by atoms with Crippen molar-refractivity contribution in [3.05, 3.63) is 29.8 Å². The number of imide groups is 1. The number of aryl methyl sites for hydroxylation is 1. The average Bonchev–Trinajstić information content (AvgIpc) is 2.65. The summed E-state index contributed by atoms with van der Waals surface area (Å²) in [4.78, 5) is 27.0. The van der Waals surface area contributed by atoms with Crippen molar-refractivity contribution in [3.63, 3.8) is 0 Å². The van der Waals surface area contributed by atoms with Crippen LogP contribution in [0.3, 0.4) is 0 Å². The molecule has 4 atom stereocenters. The predicted molar refractivity (Wildman–Crippen MR) is 85.3 cm³/mol. The summed E-state index contributed by atoms with van der Waals surface area (Å²) < 4.78 is 0. The Morgan fingerprint density at radius 2 is 1.40 bits per heavy atom. The summed E-state index contributed by atoms with van der Waals surface area (Å²) in [5.74, 6) is -0.454. The van der Waals surface area contributed by atoms with Gasteiger partial charge in [0.05, 0.1) is 17.5 Å². The lowest BCUT2D eigenvalue weighted by molar-refractivity contribution is -0.122. The van der Waals surface area contributed by atoms with Crippen molar-refractivity contribution in [3.8, 4) is 0 Å². The van der Waals surface area contributed by atoms with Crippen LogP contribution in [0.4, 0.5) is 5.69 Å². The van der Waals surface area contributed by atoms with Crippen LogP contribution in [0.1, 0.15) is 18.4 Å². The number of rotatable bonds is 1. The van der Waals surface area contributed by atoms with Crippen molar-refractivity contribution in [2.75, 3.05) is 4.90 Å². The molecule has 3 nitrogen and oxygen atoms in total. The van der Waals surface area contributed by atoms with E-state index in [2.05, 4.69) is 31.9 Å². The molecule has 106 valence electrons. The molecule has 0 aromatic heterocycles. The molecule has 1 aliphatic heterocycles. The molecule has 0 spiro atoms. The number of benzene rings is 1. The summed E-state index contributed by atoms with van der Waals surface area (Å²) in [6, 6.07) is 7.55. The molecule has 0 bridgehead atoms. The van der Waals surface area contributed by atoms with Crippen LogP contribution in [0.25, 0.3) is 0 Å². The minimum Gasteiger partial charge on any atom is -0.274 e. The molecule has 2 amide bonds. The van der Waals surface area contributed by atoms with Crippen molar-refractivity contribution in [1.82, 2.24) is 0 Å². The van der Waals surface area contributed by atoms with Gasteiger partial charge in [0.15, 0.2) is 0 Å². The van der Waals surface area contributed by atoms with Gasteiger partial charge in [-0.05, 0) is 31.9 Å². The fraction of sp³-hybridized carbons (Fsp3) is 0.467. The fourth-order valence-corrected chi connectivity index (χ4v) is 4.28. The van der Waals surface area contributed by atoms with Gasteiger partial charge in [0.2, 0.25) is 11.8 Å². The maximum Gasteiger partial charge on any atom is 0.237 e. The Labute approximate surface area is 135 Å². The summed E-state index contributed by atoms with van der Waals surface area (Å²) in [6.07, 6.45) is 1.43. The number of halogens is 2. The second kappa shape index (κ2) is 5.26. The number of hydrogen-bond acceptors (Lipinski definition) is 2. The maximum atomic E-state index is 12.6. The van der Waals surface area contributed by atoms with Crippen molar-refractivity contribution < 1.29 is 9.59 Å². The van der Waals surface area contributed by atoms with Gasteiger partial charge in [0.25, 0.3) is 0 Å². The predicted octanol–water partition coefficient (Wildman–Crippen LogP) is 3.42. The first-order valence-corrected chi connectivity index (χ1v) is 8.55. The fourth-order valence-electron chi connectivity index (χ4n) is 3.04. The van der Waals surface area contributed by atoms with Crippen LogP contribution in [0, 0.1) is 18.8 Å². The smallest absolute Gasteiger partial charge is 0.237 e. The number of amides is 2. The number of alkyl halides is 2. The topological polar surface area (TPSA) is 37.4 Å². The van der Waals surface area contributed by atoms with Crippen molar-refractivity contribution in [2.45, 2.75) is 29.4 Å². The molecule has 1 aromatic carbocycles. The third-order valence-corrected chi connectivity index (χ3v) is 6.94. The number of nitrogens with zero attached hydrogens (tertiary/aromatic N) is 1.